The number of nitrogens with zero attached hydrogens (tertiary/aromatic N) is 1. The lowest BCUT2D eigenvalue weighted by Gasteiger charge is -2.11. The molecule has 1 fully saturated rings. The van der Waals surface area contributed by atoms with Gasteiger partial charge in [0.05, 0.1) is 0 Å². The third-order valence-electron chi connectivity index (χ3n) is 3.25. The Morgan fingerprint density at radius 1 is 1.16 bits per heavy atom. The van der Waals surface area contributed by atoms with Crippen molar-refractivity contribution in [3.63, 3.8) is 0 Å². The molecule has 0 unspecified atom stereocenters. The van der Waals surface area contributed by atoms with Crippen molar-refractivity contribution >= 4 is 0 Å². The molecule has 0 radical (unpaired) electrons. The van der Waals surface area contributed by atoms with E-state index in [4.69, 9.17) is 4.74 Å². The van der Waals surface area contributed by atoms with Crippen molar-refractivity contribution < 1.29 is 4.74 Å². The van der Waals surface area contributed by atoms with E-state index in [1.807, 2.05) is 30.5 Å². The van der Waals surface area contributed by atoms with Gasteiger partial charge in [0.15, 0.2) is 0 Å². The molecule has 0 atom stereocenters. The largest absolute Gasteiger partial charge is 0.488 e. The third kappa shape index (κ3) is 3.55. The maximum absolute atomic E-state index is 5.90. The minimum atomic E-state index is 0.598. The fraction of sp³-hybridized carbons (Fsp3) is 0.312. The second kappa shape index (κ2) is 5.85. The Labute approximate surface area is 113 Å². The van der Waals surface area contributed by atoms with Crippen molar-refractivity contribution in [3.05, 3.63) is 59.9 Å². The summed E-state index contributed by atoms with van der Waals surface area (Å²) in [7, 11) is 0. The summed E-state index contributed by atoms with van der Waals surface area (Å²) in [5.74, 6) is 0.923. The zero-order chi connectivity index (χ0) is 12.9. The van der Waals surface area contributed by atoms with Crippen molar-refractivity contribution in [3.8, 4) is 5.75 Å². The van der Waals surface area contributed by atoms with Gasteiger partial charge in [-0.15, -0.1) is 0 Å². The molecule has 0 spiro atoms. The van der Waals surface area contributed by atoms with Crippen molar-refractivity contribution in [1.82, 2.24) is 10.3 Å². The van der Waals surface area contributed by atoms with Gasteiger partial charge < -0.3 is 10.1 Å². The van der Waals surface area contributed by atoms with E-state index >= 15 is 0 Å². The quantitative estimate of drug-likeness (QED) is 0.860. The van der Waals surface area contributed by atoms with Gasteiger partial charge in [-0.1, -0.05) is 30.3 Å². The molecule has 0 aliphatic heterocycles. The lowest BCUT2D eigenvalue weighted by molar-refractivity contribution is 0.301. The first-order valence-electron chi connectivity index (χ1n) is 6.75. The first-order chi connectivity index (χ1) is 9.42. The van der Waals surface area contributed by atoms with Gasteiger partial charge in [0.25, 0.3) is 0 Å². The van der Waals surface area contributed by atoms with Crippen LogP contribution in [-0.4, -0.2) is 11.0 Å². The van der Waals surface area contributed by atoms with Crippen LogP contribution in [0.5, 0.6) is 5.75 Å². The Morgan fingerprint density at radius 3 is 2.79 bits per heavy atom. The molecular weight excluding hydrogens is 236 g/mol. The highest BCUT2D eigenvalue weighted by Gasteiger charge is 2.20. The van der Waals surface area contributed by atoms with Crippen LogP contribution in [0.15, 0.2) is 48.8 Å². The smallest absolute Gasteiger partial charge is 0.127 e. The summed E-state index contributed by atoms with van der Waals surface area (Å²) in [5, 5.41) is 3.49. The van der Waals surface area contributed by atoms with Crippen molar-refractivity contribution in [2.75, 3.05) is 0 Å². The molecule has 98 valence electrons. The highest BCUT2D eigenvalue weighted by molar-refractivity contribution is 5.30. The fourth-order valence-corrected chi connectivity index (χ4v) is 1.97. The molecular formula is C16H18N2O. The maximum atomic E-state index is 5.90. The minimum Gasteiger partial charge on any atom is -0.488 e. The Morgan fingerprint density at radius 2 is 2.00 bits per heavy atom. The van der Waals surface area contributed by atoms with E-state index in [0.29, 0.717) is 12.6 Å². The summed E-state index contributed by atoms with van der Waals surface area (Å²) in [6, 6.07) is 12.9. The predicted molar refractivity (Wildman–Crippen MR) is 74.9 cm³/mol. The topological polar surface area (TPSA) is 34.1 Å². The third-order valence-corrected chi connectivity index (χ3v) is 3.25. The molecule has 1 aliphatic rings. The van der Waals surface area contributed by atoms with Gasteiger partial charge in [-0.3, -0.25) is 4.98 Å². The van der Waals surface area contributed by atoms with E-state index < -0.39 is 0 Å². The van der Waals surface area contributed by atoms with Gasteiger partial charge in [0.1, 0.15) is 12.4 Å². The average Bonchev–Trinajstić information content (AvgIpc) is 3.29. The van der Waals surface area contributed by atoms with Gasteiger partial charge in [-0.2, -0.15) is 0 Å². The molecule has 0 saturated heterocycles. The van der Waals surface area contributed by atoms with Crippen LogP contribution in [0.1, 0.15) is 24.0 Å². The fourth-order valence-electron chi connectivity index (χ4n) is 1.97. The molecule has 19 heavy (non-hydrogen) atoms. The second-order valence-corrected chi connectivity index (χ2v) is 4.91. The number of hydrogen-bond donors (Lipinski definition) is 1. The summed E-state index contributed by atoms with van der Waals surface area (Å²) in [5.41, 5.74) is 2.31. The van der Waals surface area contributed by atoms with E-state index in [-0.39, 0.29) is 0 Å². The monoisotopic (exact) mass is 254 g/mol. The standard InChI is InChI=1S/C16H18N2O/c1-2-4-13(5-3-1)12-19-16-8-9-17-10-14(16)11-18-15-6-7-15/h1-5,8-10,15,18H,6-7,11-12H2. The predicted octanol–water partition coefficient (Wildman–Crippen LogP) is 2.91. The van der Waals surface area contributed by atoms with Gasteiger partial charge in [-0.25, -0.2) is 0 Å². The van der Waals surface area contributed by atoms with Crippen molar-refractivity contribution in [1.29, 1.82) is 0 Å². The molecule has 0 bridgehead atoms. The van der Waals surface area contributed by atoms with Crippen LogP contribution in [0.25, 0.3) is 0 Å². The van der Waals surface area contributed by atoms with Crippen LogP contribution >= 0.6 is 0 Å². The summed E-state index contributed by atoms with van der Waals surface area (Å²) in [4.78, 5) is 4.18. The van der Waals surface area contributed by atoms with Crippen molar-refractivity contribution in [2.24, 2.45) is 0 Å². The normalized spacial score (nSPS) is 14.3. The Kier molecular flexibility index (Phi) is 3.75. The number of benzene rings is 1. The first-order valence-corrected chi connectivity index (χ1v) is 6.75. The number of rotatable bonds is 6. The minimum absolute atomic E-state index is 0.598. The summed E-state index contributed by atoms with van der Waals surface area (Å²) in [6.45, 7) is 1.43. The molecule has 1 N–H and O–H groups in total. The molecule has 1 saturated carbocycles. The average molecular weight is 254 g/mol. The van der Waals surface area contributed by atoms with E-state index in [1.54, 1.807) is 6.20 Å². The maximum Gasteiger partial charge on any atom is 0.127 e. The van der Waals surface area contributed by atoms with E-state index in [2.05, 4.69) is 22.4 Å². The molecule has 1 heterocycles. The molecule has 2 aromatic rings. The van der Waals surface area contributed by atoms with Gasteiger partial charge in [0, 0.05) is 30.5 Å². The highest BCUT2D eigenvalue weighted by Crippen LogP contribution is 2.22. The van der Waals surface area contributed by atoms with Gasteiger partial charge in [-0.05, 0) is 24.5 Å². The molecule has 1 aromatic heterocycles. The Bertz CT molecular complexity index is 523. The lowest BCUT2D eigenvalue weighted by Crippen LogP contribution is -2.16. The van der Waals surface area contributed by atoms with Crippen LogP contribution in [0, 0.1) is 0 Å². The van der Waals surface area contributed by atoms with Crippen molar-refractivity contribution in [2.45, 2.75) is 32.0 Å². The van der Waals surface area contributed by atoms with Gasteiger partial charge >= 0.3 is 0 Å². The molecule has 3 rings (SSSR count). The van der Waals surface area contributed by atoms with Crippen LogP contribution < -0.4 is 10.1 Å². The zero-order valence-electron chi connectivity index (χ0n) is 10.9. The molecule has 1 aliphatic carbocycles. The van der Waals surface area contributed by atoms with Crippen LogP contribution in [0.4, 0.5) is 0 Å². The summed E-state index contributed by atoms with van der Waals surface area (Å²) in [6.07, 6.45) is 6.25. The number of nitrogens with one attached hydrogen (secondary N) is 1. The number of ether oxygens (including phenoxy) is 1. The highest BCUT2D eigenvalue weighted by atomic mass is 16.5. The SMILES string of the molecule is c1ccc(COc2ccncc2CNC2CC2)cc1. The number of aromatic nitrogens is 1. The van der Waals surface area contributed by atoms with Gasteiger partial charge in [0.2, 0.25) is 0 Å². The van der Waals surface area contributed by atoms with Crippen LogP contribution in [0.3, 0.4) is 0 Å². The van der Waals surface area contributed by atoms with E-state index in [9.17, 15) is 0 Å². The van der Waals surface area contributed by atoms with E-state index in [1.165, 1.54) is 18.4 Å². The van der Waals surface area contributed by atoms with E-state index in [0.717, 1.165) is 17.9 Å². The second-order valence-electron chi connectivity index (χ2n) is 4.91. The molecule has 0 amide bonds. The number of pyridine rings is 1. The lowest BCUT2D eigenvalue weighted by atomic mass is 10.2. The van der Waals surface area contributed by atoms with Crippen LogP contribution in [0.2, 0.25) is 0 Å². The Balaban J connectivity index is 1.62. The Hall–Kier alpha value is -1.87. The summed E-state index contributed by atoms with van der Waals surface area (Å²) >= 11 is 0. The number of hydrogen-bond acceptors (Lipinski definition) is 3. The zero-order valence-corrected chi connectivity index (χ0v) is 10.9. The first kappa shape index (κ1) is 12.2. The molecule has 1 aromatic carbocycles. The van der Waals surface area contributed by atoms with Crippen LogP contribution in [-0.2, 0) is 13.2 Å². The molecule has 3 nitrogen and oxygen atoms in total. The molecule has 3 heteroatoms. The summed E-state index contributed by atoms with van der Waals surface area (Å²) < 4.78 is 5.90.